The molecule has 0 atom stereocenters. The molecule has 0 fully saturated rings. The molecule has 21 heavy (non-hydrogen) atoms. The number of benzene rings is 2. The van der Waals surface area contributed by atoms with Crippen molar-refractivity contribution in [1.29, 1.82) is 0 Å². The number of halogens is 1. The summed E-state index contributed by atoms with van der Waals surface area (Å²) in [5.41, 5.74) is 3.07. The van der Waals surface area contributed by atoms with Crippen LogP contribution in [0.3, 0.4) is 0 Å². The Morgan fingerprint density at radius 1 is 1.14 bits per heavy atom. The van der Waals surface area contributed by atoms with Gasteiger partial charge in [0.25, 0.3) is 0 Å². The van der Waals surface area contributed by atoms with Crippen LogP contribution in [0.1, 0.15) is 25.0 Å². The fourth-order valence-electron chi connectivity index (χ4n) is 3.35. The second-order valence-electron chi connectivity index (χ2n) is 5.76. The van der Waals surface area contributed by atoms with E-state index < -0.39 is 0 Å². The minimum absolute atomic E-state index is 0. The summed E-state index contributed by atoms with van der Waals surface area (Å²) >= 11 is 0. The van der Waals surface area contributed by atoms with E-state index in [1.165, 1.54) is 6.07 Å². The van der Waals surface area contributed by atoms with Crippen molar-refractivity contribution >= 4 is 10.8 Å². The summed E-state index contributed by atoms with van der Waals surface area (Å²) in [6, 6.07) is 14.5. The summed E-state index contributed by atoms with van der Waals surface area (Å²) in [6.07, 6.45) is 1.78. The molecule has 2 aromatic carbocycles. The summed E-state index contributed by atoms with van der Waals surface area (Å²) < 4.78 is 14.4. The molecule has 0 bridgehead atoms. The molecule has 1 aliphatic rings. The Morgan fingerprint density at radius 3 is 2.76 bits per heavy atom. The van der Waals surface area contributed by atoms with Crippen LogP contribution in [-0.2, 0) is 25.5 Å². The van der Waals surface area contributed by atoms with Crippen LogP contribution in [0.25, 0.3) is 22.0 Å². The van der Waals surface area contributed by atoms with Crippen LogP contribution >= 0.6 is 0 Å². The van der Waals surface area contributed by atoms with Crippen molar-refractivity contribution in [1.82, 2.24) is 4.98 Å². The SMILES string of the molecule is CC1(C)c2c([c-]ccc2F)-c2nccc3cccc1c23.[Ir]. The molecule has 3 heteroatoms. The van der Waals surface area contributed by atoms with Crippen molar-refractivity contribution in [3.05, 3.63) is 65.6 Å². The first-order chi connectivity index (χ1) is 9.60. The summed E-state index contributed by atoms with van der Waals surface area (Å²) in [5.74, 6) is -0.183. The average Bonchev–Trinajstić information content (AvgIpc) is 2.44. The van der Waals surface area contributed by atoms with E-state index in [1.807, 2.05) is 12.1 Å². The largest absolute Gasteiger partial charge is 0.304 e. The Balaban J connectivity index is 0.00000132. The van der Waals surface area contributed by atoms with Gasteiger partial charge in [0.15, 0.2) is 0 Å². The zero-order chi connectivity index (χ0) is 13.9. The molecule has 0 saturated heterocycles. The maximum atomic E-state index is 14.4. The molecule has 0 saturated carbocycles. The number of fused-ring (bicyclic) bond motifs is 2. The van der Waals surface area contributed by atoms with E-state index in [0.717, 1.165) is 27.6 Å². The zero-order valence-electron chi connectivity index (χ0n) is 11.7. The van der Waals surface area contributed by atoms with Gasteiger partial charge in [0, 0.05) is 32.1 Å². The number of pyridine rings is 1. The Hall–Kier alpha value is -1.57. The number of aromatic nitrogens is 1. The van der Waals surface area contributed by atoms with E-state index in [4.69, 9.17) is 0 Å². The van der Waals surface area contributed by atoms with Gasteiger partial charge in [0.05, 0.1) is 0 Å². The second kappa shape index (κ2) is 4.72. The first-order valence-electron chi connectivity index (χ1n) is 6.70. The molecule has 1 nitrogen and oxygen atoms in total. The van der Waals surface area contributed by atoms with Gasteiger partial charge in [-0.05, 0) is 33.5 Å². The standard InChI is InChI=1S/C18H13FN.Ir/c1-18(2)13-7-3-5-11-9-10-20-17(15(11)13)12-6-4-8-14(19)16(12)18;/h3-5,7-10H,1-2H3;/q-1;. The molecule has 0 spiro atoms. The Morgan fingerprint density at radius 2 is 1.95 bits per heavy atom. The van der Waals surface area contributed by atoms with Gasteiger partial charge in [0.1, 0.15) is 0 Å². The fraction of sp³-hybridized carbons (Fsp3) is 0.167. The van der Waals surface area contributed by atoms with E-state index in [9.17, 15) is 4.39 Å². The van der Waals surface area contributed by atoms with Gasteiger partial charge in [-0.2, -0.15) is 0 Å². The summed E-state index contributed by atoms with van der Waals surface area (Å²) in [6.45, 7) is 4.13. The predicted octanol–water partition coefficient (Wildman–Crippen LogP) is 4.48. The predicted molar refractivity (Wildman–Crippen MR) is 78.1 cm³/mol. The molecule has 0 aliphatic heterocycles. The molecule has 1 aliphatic carbocycles. The van der Waals surface area contributed by atoms with Gasteiger partial charge in [-0.3, -0.25) is 0 Å². The summed E-state index contributed by atoms with van der Waals surface area (Å²) in [5, 5.41) is 2.26. The first-order valence-corrected chi connectivity index (χ1v) is 6.70. The fourth-order valence-corrected chi connectivity index (χ4v) is 3.35. The number of nitrogens with zero attached hydrogens (tertiary/aromatic N) is 1. The van der Waals surface area contributed by atoms with Crippen molar-refractivity contribution in [2.45, 2.75) is 19.3 Å². The summed E-state index contributed by atoms with van der Waals surface area (Å²) in [7, 11) is 0. The number of hydrogen-bond donors (Lipinski definition) is 0. The van der Waals surface area contributed by atoms with Crippen LogP contribution in [-0.4, -0.2) is 4.98 Å². The van der Waals surface area contributed by atoms with Crippen LogP contribution < -0.4 is 0 Å². The van der Waals surface area contributed by atoms with Crippen LogP contribution in [0.2, 0.25) is 0 Å². The maximum absolute atomic E-state index is 14.4. The molecule has 3 aromatic rings. The molecule has 0 amide bonds. The summed E-state index contributed by atoms with van der Waals surface area (Å²) in [4.78, 5) is 4.49. The molecular formula is C18H13FIrN-. The third-order valence-electron chi connectivity index (χ3n) is 4.27. The quantitative estimate of drug-likeness (QED) is 0.457. The van der Waals surface area contributed by atoms with Gasteiger partial charge in [-0.1, -0.05) is 37.6 Å². The Bertz CT molecular complexity index is 850. The molecule has 1 radical (unpaired) electrons. The molecule has 1 heterocycles. The average molecular weight is 455 g/mol. The van der Waals surface area contributed by atoms with E-state index in [1.54, 1.807) is 12.3 Å². The van der Waals surface area contributed by atoms with Crippen LogP contribution in [0.5, 0.6) is 0 Å². The van der Waals surface area contributed by atoms with Gasteiger partial charge < -0.3 is 4.98 Å². The van der Waals surface area contributed by atoms with Gasteiger partial charge in [-0.15, -0.1) is 23.8 Å². The van der Waals surface area contributed by atoms with Gasteiger partial charge in [-0.25, -0.2) is 4.39 Å². The third-order valence-corrected chi connectivity index (χ3v) is 4.27. The molecule has 0 N–H and O–H groups in total. The normalized spacial score (nSPS) is 14.4. The first kappa shape index (κ1) is 14.4. The van der Waals surface area contributed by atoms with Crippen molar-refractivity contribution < 1.29 is 24.5 Å². The third kappa shape index (κ3) is 1.81. The van der Waals surface area contributed by atoms with Crippen LogP contribution in [0.4, 0.5) is 4.39 Å². The van der Waals surface area contributed by atoms with E-state index >= 15 is 0 Å². The Kier molecular flexibility index (Phi) is 3.23. The van der Waals surface area contributed by atoms with Crippen LogP contribution in [0, 0.1) is 11.9 Å². The van der Waals surface area contributed by atoms with Crippen molar-refractivity contribution in [2.24, 2.45) is 0 Å². The second-order valence-corrected chi connectivity index (χ2v) is 5.76. The monoisotopic (exact) mass is 455 g/mol. The van der Waals surface area contributed by atoms with E-state index in [0.29, 0.717) is 5.56 Å². The van der Waals surface area contributed by atoms with E-state index in [2.05, 4.69) is 37.0 Å². The molecule has 0 unspecified atom stereocenters. The topological polar surface area (TPSA) is 12.9 Å². The van der Waals surface area contributed by atoms with Crippen LogP contribution in [0.15, 0.2) is 42.6 Å². The molecule has 107 valence electrons. The number of rotatable bonds is 0. The zero-order valence-corrected chi connectivity index (χ0v) is 14.1. The van der Waals surface area contributed by atoms with Gasteiger partial charge >= 0.3 is 0 Å². The molecule has 4 rings (SSSR count). The van der Waals surface area contributed by atoms with Gasteiger partial charge in [0.2, 0.25) is 0 Å². The number of hydrogen-bond acceptors (Lipinski definition) is 1. The molecular weight excluding hydrogens is 441 g/mol. The smallest absolute Gasteiger partial charge is 0.0459 e. The maximum Gasteiger partial charge on any atom is 0.0459 e. The van der Waals surface area contributed by atoms with Crippen molar-refractivity contribution in [3.8, 4) is 11.3 Å². The Labute approximate surface area is 136 Å². The molecule has 1 aromatic heterocycles. The van der Waals surface area contributed by atoms with E-state index in [-0.39, 0.29) is 31.3 Å². The minimum Gasteiger partial charge on any atom is -0.304 e. The minimum atomic E-state index is -0.382. The van der Waals surface area contributed by atoms with Crippen molar-refractivity contribution in [2.75, 3.05) is 0 Å². The van der Waals surface area contributed by atoms with Crippen molar-refractivity contribution in [3.63, 3.8) is 0 Å².